The van der Waals surface area contributed by atoms with Gasteiger partial charge in [0.1, 0.15) is 5.82 Å². The van der Waals surface area contributed by atoms with Crippen molar-refractivity contribution in [3.8, 4) is 0 Å². The van der Waals surface area contributed by atoms with Crippen molar-refractivity contribution in [3.63, 3.8) is 0 Å². The highest BCUT2D eigenvalue weighted by Gasteiger charge is 2.11. The van der Waals surface area contributed by atoms with E-state index in [0.717, 1.165) is 36.7 Å². The maximum absolute atomic E-state index is 6.03. The molecule has 0 saturated heterocycles. The summed E-state index contributed by atoms with van der Waals surface area (Å²) in [6.07, 6.45) is 1.05. The molecule has 0 fully saturated rings. The monoisotopic (exact) mass is 250 g/mol. The van der Waals surface area contributed by atoms with E-state index in [0.29, 0.717) is 0 Å². The first-order chi connectivity index (χ1) is 8.22. The number of thiophene rings is 1. The van der Waals surface area contributed by atoms with Gasteiger partial charge in [-0.05, 0) is 35.7 Å². The first kappa shape index (κ1) is 12.0. The third-order valence-corrected chi connectivity index (χ3v) is 3.38. The van der Waals surface area contributed by atoms with Crippen LogP contribution in [0.25, 0.3) is 0 Å². The summed E-state index contributed by atoms with van der Waals surface area (Å²) in [7, 11) is 0. The molecule has 5 heteroatoms. The number of anilines is 2. The Bertz CT molecular complexity index is 473. The van der Waals surface area contributed by atoms with Gasteiger partial charge in [-0.3, -0.25) is 0 Å². The van der Waals surface area contributed by atoms with Gasteiger partial charge in [0.25, 0.3) is 0 Å². The molecule has 0 aromatic carbocycles. The lowest BCUT2D eigenvalue weighted by Gasteiger charge is -2.09. The highest BCUT2D eigenvalue weighted by atomic mass is 32.1. The van der Waals surface area contributed by atoms with Crippen LogP contribution in [0.15, 0.2) is 16.8 Å². The molecule has 0 aliphatic rings. The van der Waals surface area contributed by atoms with Crippen LogP contribution in [-0.4, -0.2) is 9.78 Å². The minimum absolute atomic E-state index is 0.758. The van der Waals surface area contributed by atoms with Crippen molar-refractivity contribution in [3.05, 3.63) is 28.1 Å². The predicted molar refractivity (Wildman–Crippen MR) is 73.3 cm³/mol. The zero-order valence-corrected chi connectivity index (χ0v) is 11.0. The summed E-state index contributed by atoms with van der Waals surface area (Å²) in [6, 6.07) is 2.11. The molecule has 0 atom stereocenters. The minimum atomic E-state index is 0.758. The summed E-state index contributed by atoms with van der Waals surface area (Å²) in [5.74, 6) is 0.940. The van der Waals surface area contributed by atoms with Crippen LogP contribution in [0.1, 0.15) is 24.6 Å². The van der Waals surface area contributed by atoms with E-state index in [1.54, 1.807) is 11.3 Å². The topological polar surface area (TPSA) is 55.9 Å². The zero-order valence-electron chi connectivity index (χ0n) is 10.2. The largest absolute Gasteiger partial charge is 0.394 e. The molecule has 0 amide bonds. The quantitative estimate of drug-likeness (QED) is 0.858. The molecule has 2 heterocycles. The predicted octanol–water partition coefficient (Wildman–Crippen LogP) is 2.86. The van der Waals surface area contributed by atoms with Gasteiger partial charge < -0.3 is 11.1 Å². The van der Waals surface area contributed by atoms with Gasteiger partial charge in [0, 0.05) is 13.1 Å². The number of nitrogens with two attached hydrogens (primary N) is 1. The molecule has 0 bridgehead atoms. The normalized spacial score (nSPS) is 10.7. The van der Waals surface area contributed by atoms with E-state index in [2.05, 4.69) is 34.2 Å². The highest BCUT2D eigenvalue weighted by molar-refractivity contribution is 7.07. The van der Waals surface area contributed by atoms with Crippen molar-refractivity contribution in [2.24, 2.45) is 0 Å². The standard InChI is InChI=1S/C12H18N4S/c1-3-5-16-12(11(13)9(2)15-16)14-7-10-4-6-17-8-10/h4,6,8,14H,3,5,7,13H2,1-2H3. The molecule has 0 unspecified atom stereocenters. The van der Waals surface area contributed by atoms with E-state index >= 15 is 0 Å². The second kappa shape index (κ2) is 5.23. The molecule has 4 nitrogen and oxygen atoms in total. The van der Waals surface area contributed by atoms with Crippen molar-refractivity contribution in [1.82, 2.24) is 9.78 Å². The Balaban J connectivity index is 2.13. The summed E-state index contributed by atoms with van der Waals surface area (Å²) < 4.78 is 1.96. The van der Waals surface area contributed by atoms with Gasteiger partial charge in [-0.25, -0.2) is 4.68 Å². The van der Waals surface area contributed by atoms with E-state index in [9.17, 15) is 0 Å². The fourth-order valence-corrected chi connectivity index (χ4v) is 2.40. The van der Waals surface area contributed by atoms with Gasteiger partial charge in [-0.15, -0.1) is 0 Å². The minimum Gasteiger partial charge on any atom is -0.394 e. The van der Waals surface area contributed by atoms with Crippen molar-refractivity contribution in [2.45, 2.75) is 33.4 Å². The van der Waals surface area contributed by atoms with E-state index in [1.807, 2.05) is 11.6 Å². The number of aryl methyl sites for hydroxylation is 2. The first-order valence-corrected chi connectivity index (χ1v) is 6.74. The molecule has 92 valence electrons. The molecule has 2 rings (SSSR count). The molecule has 2 aromatic rings. The van der Waals surface area contributed by atoms with Gasteiger partial charge in [0.15, 0.2) is 0 Å². The lowest BCUT2D eigenvalue weighted by molar-refractivity contribution is 0.603. The molecular formula is C12H18N4S. The molecule has 0 spiro atoms. The lowest BCUT2D eigenvalue weighted by atomic mass is 10.3. The molecule has 2 aromatic heterocycles. The molecular weight excluding hydrogens is 232 g/mol. The van der Waals surface area contributed by atoms with Crippen molar-refractivity contribution in [2.75, 3.05) is 11.1 Å². The number of nitrogens with one attached hydrogen (secondary N) is 1. The Hall–Kier alpha value is -1.49. The Morgan fingerprint density at radius 1 is 1.53 bits per heavy atom. The van der Waals surface area contributed by atoms with Gasteiger partial charge in [0.05, 0.1) is 11.4 Å². The van der Waals surface area contributed by atoms with Gasteiger partial charge in [-0.2, -0.15) is 16.4 Å². The van der Waals surface area contributed by atoms with Crippen LogP contribution in [0.3, 0.4) is 0 Å². The zero-order chi connectivity index (χ0) is 12.3. The van der Waals surface area contributed by atoms with Crippen LogP contribution >= 0.6 is 11.3 Å². The first-order valence-electron chi connectivity index (χ1n) is 5.80. The third-order valence-electron chi connectivity index (χ3n) is 2.65. The summed E-state index contributed by atoms with van der Waals surface area (Å²) in [6.45, 7) is 5.76. The SMILES string of the molecule is CCCn1nc(C)c(N)c1NCc1ccsc1. The molecule has 17 heavy (non-hydrogen) atoms. The number of nitrogen functional groups attached to an aromatic ring is 1. The Morgan fingerprint density at radius 2 is 2.35 bits per heavy atom. The number of hydrogen-bond donors (Lipinski definition) is 2. The van der Waals surface area contributed by atoms with Crippen LogP contribution < -0.4 is 11.1 Å². The van der Waals surface area contributed by atoms with Gasteiger partial charge in [-0.1, -0.05) is 6.92 Å². The molecule has 0 aliphatic heterocycles. The Kier molecular flexibility index (Phi) is 3.68. The average Bonchev–Trinajstić information content (AvgIpc) is 2.89. The number of aromatic nitrogens is 2. The number of nitrogens with zero attached hydrogens (tertiary/aromatic N) is 2. The van der Waals surface area contributed by atoms with Crippen molar-refractivity contribution >= 4 is 22.8 Å². The summed E-state index contributed by atoms with van der Waals surface area (Å²) in [4.78, 5) is 0. The third kappa shape index (κ3) is 2.61. The molecule has 0 aliphatic carbocycles. The maximum Gasteiger partial charge on any atom is 0.148 e. The number of rotatable bonds is 5. The number of hydrogen-bond acceptors (Lipinski definition) is 4. The fraction of sp³-hybridized carbons (Fsp3) is 0.417. The fourth-order valence-electron chi connectivity index (χ4n) is 1.73. The smallest absolute Gasteiger partial charge is 0.148 e. The Labute approximate surface area is 105 Å². The van der Waals surface area contributed by atoms with Gasteiger partial charge >= 0.3 is 0 Å². The maximum atomic E-state index is 6.03. The van der Waals surface area contributed by atoms with Crippen LogP contribution in [0.4, 0.5) is 11.5 Å². The highest BCUT2D eigenvalue weighted by Crippen LogP contribution is 2.23. The molecule has 0 radical (unpaired) electrons. The summed E-state index contributed by atoms with van der Waals surface area (Å²) in [5, 5.41) is 12.0. The van der Waals surface area contributed by atoms with Crippen LogP contribution in [0, 0.1) is 6.92 Å². The Morgan fingerprint density at radius 3 is 3.00 bits per heavy atom. The van der Waals surface area contributed by atoms with Gasteiger partial charge in [0.2, 0.25) is 0 Å². The van der Waals surface area contributed by atoms with E-state index in [-0.39, 0.29) is 0 Å². The molecule has 0 saturated carbocycles. The van der Waals surface area contributed by atoms with E-state index < -0.39 is 0 Å². The second-order valence-corrected chi connectivity index (χ2v) is 4.84. The van der Waals surface area contributed by atoms with Crippen LogP contribution in [0.5, 0.6) is 0 Å². The summed E-state index contributed by atoms with van der Waals surface area (Å²) >= 11 is 1.70. The van der Waals surface area contributed by atoms with Crippen LogP contribution in [0.2, 0.25) is 0 Å². The average molecular weight is 250 g/mol. The second-order valence-electron chi connectivity index (χ2n) is 4.06. The summed E-state index contributed by atoms with van der Waals surface area (Å²) in [5.41, 5.74) is 8.96. The van der Waals surface area contributed by atoms with E-state index in [1.165, 1.54) is 5.56 Å². The van der Waals surface area contributed by atoms with E-state index in [4.69, 9.17) is 5.73 Å². The lowest BCUT2D eigenvalue weighted by Crippen LogP contribution is -2.08. The van der Waals surface area contributed by atoms with Crippen LogP contribution in [-0.2, 0) is 13.1 Å². The molecule has 3 N–H and O–H groups in total. The van der Waals surface area contributed by atoms with Crippen molar-refractivity contribution in [1.29, 1.82) is 0 Å². The van der Waals surface area contributed by atoms with Crippen molar-refractivity contribution < 1.29 is 0 Å².